The van der Waals surface area contributed by atoms with Gasteiger partial charge in [0, 0.05) is 18.0 Å². The summed E-state index contributed by atoms with van der Waals surface area (Å²) in [4.78, 5) is 33.9. The number of H-pyrrole nitrogens is 1. The van der Waals surface area contributed by atoms with E-state index in [4.69, 9.17) is 16.6 Å². The molecule has 2 aliphatic rings. The summed E-state index contributed by atoms with van der Waals surface area (Å²) in [5.74, 6) is 1.03. The maximum Gasteiger partial charge on any atom is 0.276 e. The lowest BCUT2D eigenvalue weighted by Gasteiger charge is -2.16. The first-order chi connectivity index (χ1) is 16.2. The second-order valence-electron chi connectivity index (χ2n) is 8.53. The summed E-state index contributed by atoms with van der Waals surface area (Å²) in [5.41, 5.74) is 4.37. The first-order valence-electron chi connectivity index (χ1n) is 11.4. The number of carbonyl (C=O) groups excluding carboxylic acids is 1. The van der Waals surface area contributed by atoms with Crippen LogP contribution >= 0.6 is 22.9 Å². The Morgan fingerprint density at radius 3 is 2.76 bits per heavy atom. The number of nitrogens with one attached hydrogen (secondary N) is 2. The summed E-state index contributed by atoms with van der Waals surface area (Å²) in [5, 5.41) is 4.16. The van der Waals surface area contributed by atoms with Crippen LogP contribution in [0.4, 0.5) is 10.9 Å². The highest BCUT2D eigenvalue weighted by Crippen LogP contribution is 2.44. The van der Waals surface area contributed by atoms with Crippen molar-refractivity contribution in [2.24, 2.45) is 0 Å². The van der Waals surface area contributed by atoms with Crippen LogP contribution < -0.4 is 10.2 Å². The van der Waals surface area contributed by atoms with Gasteiger partial charge in [0.2, 0.25) is 5.95 Å². The Morgan fingerprint density at radius 1 is 1.09 bits per heavy atom. The zero-order valence-corrected chi connectivity index (χ0v) is 19.6. The molecule has 0 bridgehead atoms. The normalized spacial score (nSPS) is 15.7. The van der Waals surface area contributed by atoms with E-state index in [1.54, 1.807) is 11.3 Å². The minimum Gasteiger partial charge on any atom is -0.341 e. The van der Waals surface area contributed by atoms with Crippen LogP contribution in [0.3, 0.4) is 0 Å². The van der Waals surface area contributed by atoms with Gasteiger partial charge in [-0.1, -0.05) is 23.7 Å². The minimum atomic E-state index is -0.321. The van der Waals surface area contributed by atoms with Crippen molar-refractivity contribution in [3.63, 3.8) is 0 Å². The second kappa shape index (κ2) is 8.43. The number of aromatic amines is 1. The Morgan fingerprint density at radius 2 is 1.91 bits per heavy atom. The number of carbonyl (C=O) groups is 1. The van der Waals surface area contributed by atoms with Crippen LogP contribution in [0, 0.1) is 0 Å². The number of amides is 1. The van der Waals surface area contributed by atoms with Crippen LogP contribution in [0.5, 0.6) is 0 Å². The van der Waals surface area contributed by atoms with Gasteiger partial charge in [-0.3, -0.25) is 4.79 Å². The van der Waals surface area contributed by atoms with Gasteiger partial charge in [0.15, 0.2) is 5.69 Å². The molecule has 1 saturated heterocycles. The van der Waals surface area contributed by atoms with E-state index in [2.05, 4.69) is 25.2 Å². The number of hydrogen-bond donors (Lipinski definition) is 2. The standard InChI is InChI=1S/C24H23ClN6OS/c25-15-13-26-24(31-11-5-6-12-31)29-20(15)22(32)30-23-19(14-7-1-4-10-18(14)33-23)21-27-16-8-2-3-9-17(16)28-21/h2-3,8-9,13H,1,4-7,10-12H2,(H,27,28)(H,30,32). The zero-order chi connectivity index (χ0) is 22.4. The van der Waals surface area contributed by atoms with Gasteiger partial charge < -0.3 is 15.2 Å². The molecule has 7 nitrogen and oxygen atoms in total. The molecule has 1 aliphatic heterocycles. The number of fused-ring (bicyclic) bond motifs is 2. The summed E-state index contributed by atoms with van der Waals surface area (Å²) in [7, 11) is 0. The molecule has 4 heterocycles. The van der Waals surface area contributed by atoms with Crippen molar-refractivity contribution in [2.75, 3.05) is 23.3 Å². The van der Waals surface area contributed by atoms with E-state index < -0.39 is 0 Å². The molecule has 0 saturated carbocycles. The largest absolute Gasteiger partial charge is 0.341 e. The molecule has 0 radical (unpaired) electrons. The van der Waals surface area contributed by atoms with Gasteiger partial charge in [0.25, 0.3) is 5.91 Å². The van der Waals surface area contributed by atoms with Crippen LogP contribution in [0.15, 0.2) is 30.5 Å². The molecule has 168 valence electrons. The highest BCUT2D eigenvalue weighted by Gasteiger charge is 2.27. The SMILES string of the molecule is O=C(Nc1sc2c(c1-c1nc3ccccc3[nH]1)CCCC2)c1nc(N2CCCC2)ncc1Cl. The molecule has 1 amide bonds. The average Bonchev–Trinajstić information content (AvgIpc) is 3.57. The van der Waals surface area contributed by atoms with E-state index in [0.29, 0.717) is 5.95 Å². The molecule has 1 aromatic carbocycles. The van der Waals surface area contributed by atoms with Gasteiger partial charge in [-0.25, -0.2) is 15.0 Å². The van der Waals surface area contributed by atoms with Gasteiger partial charge in [-0.2, -0.15) is 0 Å². The summed E-state index contributed by atoms with van der Waals surface area (Å²) >= 11 is 7.99. The number of anilines is 2. The molecular weight excluding hydrogens is 456 g/mol. The monoisotopic (exact) mass is 478 g/mol. The smallest absolute Gasteiger partial charge is 0.276 e. The van der Waals surface area contributed by atoms with Crippen molar-refractivity contribution >= 4 is 50.8 Å². The van der Waals surface area contributed by atoms with Crippen LogP contribution in [0.2, 0.25) is 5.02 Å². The predicted molar refractivity (Wildman–Crippen MR) is 132 cm³/mol. The fourth-order valence-electron chi connectivity index (χ4n) is 4.72. The van der Waals surface area contributed by atoms with Gasteiger partial charge in [0.1, 0.15) is 10.8 Å². The molecular formula is C24H23ClN6OS. The first kappa shape index (κ1) is 20.6. The van der Waals surface area contributed by atoms with E-state index in [9.17, 15) is 4.79 Å². The van der Waals surface area contributed by atoms with Gasteiger partial charge in [-0.05, 0) is 56.2 Å². The molecule has 33 heavy (non-hydrogen) atoms. The Bertz CT molecular complexity index is 1320. The van der Waals surface area contributed by atoms with Gasteiger partial charge >= 0.3 is 0 Å². The van der Waals surface area contributed by atoms with Gasteiger partial charge in [-0.15, -0.1) is 11.3 Å². The zero-order valence-electron chi connectivity index (χ0n) is 18.0. The highest BCUT2D eigenvalue weighted by atomic mass is 35.5. The number of aryl methyl sites for hydroxylation is 1. The lowest BCUT2D eigenvalue weighted by Crippen LogP contribution is -2.23. The van der Waals surface area contributed by atoms with Crippen LogP contribution in [0.25, 0.3) is 22.4 Å². The molecule has 9 heteroatoms. The summed E-state index contributed by atoms with van der Waals surface area (Å²) in [6.07, 6.45) is 8.05. The molecule has 4 aromatic rings. The number of para-hydroxylation sites is 2. The number of rotatable bonds is 4. The van der Waals surface area contributed by atoms with Crippen molar-refractivity contribution in [1.82, 2.24) is 19.9 Å². The van der Waals surface area contributed by atoms with Crippen molar-refractivity contribution in [2.45, 2.75) is 38.5 Å². The average molecular weight is 479 g/mol. The van der Waals surface area contributed by atoms with Crippen molar-refractivity contribution in [3.8, 4) is 11.4 Å². The van der Waals surface area contributed by atoms with E-state index in [1.807, 2.05) is 24.3 Å². The number of thiophene rings is 1. The quantitative estimate of drug-likeness (QED) is 0.406. The maximum atomic E-state index is 13.3. The van der Waals surface area contributed by atoms with Crippen LogP contribution in [-0.2, 0) is 12.8 Å². The number of benzene rings is 1. The fraction of sp³-hybridized carbons (Fsp3) is 0.333. The summed E-state index contributed by atoms with van der Waals surface area (Å²) in [6.45, 7) is 1.80. The highest BCUT2D eigenvalue weighted by molar-refractivity contribution is 7.17. The molecule has 1 aliphatic carbocycles. The Kier molecular flexibility index (Phi) is 5.27. The van der Waals surface area contributed by atoms with Crippen LogP contribution in [0.1, 0.15) is 46.6 Å². The predicted octanol–water partition coefficient (Wildman–Crippen LogP) is 5.47. The molecule has 3 aromatic heterocycles. The van der Waals surface area contributed by atoms with E-state index >= 15 is 0 Å². The Hall–Kier alpha value is -2.97. The molecule has 2 N–H and O–H groups in total. The van der Waals surface area contributed by atoms with Crippen molar-refractivity contribution in [1.29, 1.82) is 0 Å². The molecule has 6 rings (SSSR count). The topological polar surface area (TPSA) is 86.8 Å². The number of aromatic nitrogens is 4. The Balaban J connectivity index is 1.39. The summed E-state index contributed by atoms with van der Waals surface area (Å²) < 4.78 is 0. The van der Waals surface area contributed by atoms with Crippen molar-refractivity contribution in [3.05, 3.63) is 51.6 Å². The maximum absolute atomic E-state index is 13.3. The molecule has 0 unspecified atom stereocenters. The van der Waals surface area contributed by atoms with E-state index in [-0.39, 0.29) is 16.6 Å². The Labute approximate surface area is 200 Å². The third kappa shape index (κ3) is 3.77. The minimum absolute atomic E-state index is 0.204. The third-order valence-corrected chi connectivity index (χ3v) is 7.84. The number of imidazole rings is 1. The number of nitrogens with zero attached hydrogens (tertiary/aromatic N) is 4. The second-order valence-corrected chi connectivity index (χ2v) is 10.0. The molecule has 0 spiro atoms. The molecule has 1 fully saturated rings. The third-order valence-electron chi connectivity index (χ3n) is 6.36. The lowest BCUT2D eigenvalue weighted by molar-refractivity contribution is 0.102. The van der Waals surface area contributed by atoms with Crippen molar-refractivity contribution < 1.29 is 4.79 Å². The summed E-state index contributed by atoms with van der Waals surface area (Å²) in [6, 6.07) is 7.98. The van der Waals surface area contributed by atoms with Crippen LogP contribution in [-0.4, -0.2) is 38.9 Å². The first-order valence-corrected chi connectivity index (χ1v) is 12.6. The fourth-order valence-corrected chi connectivity index (χ4v) is 6.19. The number of hydrogen-bond acceptors (Lipinski definition) is 6. The molecule has 0 atom stereocenters. The van der Waals surface area contributed by atoms with E-state index in [0.717, 1.165) is 79.0 Å². The van der Waals surface area contributed by atoms with E-state index in [1.165, 1.54) is 16.6 Å². The number of halogens is 1. The lowest BCUT2D eigenvalue weighted by atomic mass is 9.95. The van der Waals surface area contributed by atoms with Gasteiger partial charge in [0.05, 0.1) is 27.8 Å².